The van der Waals surface area contributed by atoms with E-state index in [1.807, 2.05) is 11.5 Å². The summed E-state index contributed by atoms with van der Waals surface area (Å²) in [6, 6.07) is 10.9. The second-order valence-electron chi connectivity index (χ2n) is 6.17. The van der Waals surface area contributed by atoms with Crippen LogP contribution in [0.4, 0.5) is 4.39 Å². The van der Waals surface area contributed by atoms with Crippen molar-refractivity contribution in [3.8, 4) is 17.2 Å². The van der Waals surface area contributed by atoms with Gasteiger partial charge in [-0.25, -0.2) is 4.39 Å². The number of Topliss-reactive ketones (excluding diaryl/α,β-unsaturated/α-hetero) is 1. The number of rotatable bonds is 8. The average molecular weight is 415 g/mol. The molecule has 0 N–H and O–H groups in total. The molecule has 2 aromatic carbocycles. The minimum atomic E-state index is -0.368. The summed E-state index contributed by atoms with van der Waals surface area (Å²) in [5, 5.41) is 8.99. The van der Waals surface area contributed by atoms with E-state index in [4.69, 9.17) is 14.2 Å². The number of fused-ring (bicyclic) bond motifs is 1. The molecule has 0 saturated carbocycles. The predicted molar refractivity (Wildman–Crippen MR) is 104 cm³/mol. The van der Waals surface area contributed by atoms with Crippen LogP contribution in [-0.2, 0) is 13.2 Å². The van der Waals surface area contributed by atoms with Crippen molar-refractivity contribution in [3.63, 3.8) is 0 Å². The highest BCUT2D eigenvalue weighted by Crippen LogP contribution is 2.35. The number of benzene rings is 2. The molecule has 9 heteroatoms. The van der Waals surface area contributed by atoms with Crippen molar-refractivity contribution in [2.45, 2.75) is 25.2 Å². The Balaban J connectivity index is 1.38. The Labute approximate surface area is 170 Å². The van der Waals surface area contributed by atoms with Gasteiger partial charge in [0.1, 0.15) is 18.2 Å². The van der Waals surface area contributed by atoms with Crippen LogP contribution in [-0.4, -0.2) is 33.1 Å². The second-order valence-corrected chi connectivity index (χ2v) is 7.11. The average Bonchev–Trinajstić information content (AvgIpc) is 3.36. The summed E-state index contributed by atoms with van der Waals surface area (Å²) in [7, 11) is 0. The van der Waals surface area contributed by atoms with Crippen LogP contribution < -0.4 is 14.2 Å². The molecule has 0 unspecified atom stereocenters. The second kappa shape index (κ2) is 8.52. The monoisotopic (exact) mass is 415 g/mol. The molecule has 1 aliphatic rings. The lowest BCUT2D eigenvalue weighted by Crippen LogP contribution is -2.08. The third-order valence-corrected chi connectivity index (χ3v) is 5.29. The van der Waals surface area contributed by atoms with Gasteiger partial charge in [-0.2, -0.15) is 0 Å². The third kappa shape index (κ3) is 4.34. The van der Waals surface area contributed by atoms with Gasteiger partial charge in [0.2, 0.25) is 6.79 Å². The van der Waals surface area contributed by atoms with Crippen molar-refractivity contribution in [3.05, 3.63) is 59.7 Å². The fourth-order valence-corrected chi connectivity index (χ4v) is 3.73. The smallest absolute Gasteiger partial charge is 0.231 e. The number of hydrogen-bond acceptors (Lipinski definition) is 7. The van der Waals surface area contributed by atoms with Crippen LogP contribution in [0.25, 0.3) is 0 Å². The number of ether oxygens (including phenoxy) is 3. The van der Waals surface area contributed by atoms with E-state index in [1.165, 1.54) is 36.0 Å². The van der Waals surface area contributed by atoms with E-state index in [2.05, 4.69) is 10.2 Å². The van der Waals surface area contributed by atoms with Crippen LogP contribution in [0.2, 0.25) is 0 Å². The van der Waals surface area contributed by atoms with Crippen molar-refractivity contribution in [1.82, 2.24) is 14.8 Å². The quantitative estimate of drug-likeness (QED) is 0.410. The van der Waals surface area contributed by atoms with Gasteiger partial charge in [0.05, 0.1) is 5.75 Å². The normalized spacial score (nSPS) is 12.2. The maximum Gasteiger partial charge on any atom is 0.231 e. The molecule has 4 rings (SSSR count). The van der Waals surface area contributed by atoms with E-state index < -0.39 is 0 Å². The fraction of sp³-hybridized carbons (Fsp3) is 0.250. The zero-order chi connectivity index (χ0) is 20.2. The van der Waals surface area contributed by atoms with Crippen molar-refractivity contribution < 1.29 is 23.4 Å². The first-order chi connectivity index (χ1) is 14.1. The highest BCUT2D eigenvalue weighted by molar-refractivity contribution is 7.99. The summed E-state index contributed by atoms with van der Waals surface area (Å²) in [6.07, 6.45) is 0. The van der Waals surface area contributed by atoms with Crippen molar-refractivity contribution in [2.75, 3.05) is 12.5 Å². The maximum atomic E-state index is 13.0. The number of carbonyl (C=O) groups excluding carboxylic acids is 1. The number of halogens is 1. The van der Waals surface area contributed by atoms with E-state index in [1.54, 1.807) is 18.2 Å². The molecule has 0 bridgehead atoms. The Morgan fingerprint density at radius 3 is 2.76 bits per heavy atom. The molecule has 0 aliphatic carbocycles. The first kappa shape index (κ1) is 19.3. The molecule has 2 heterocycles. The molecule has 29 heavy (non-hydrogen) atoms. The van der Waals surface area contributed by atoms with Crippen LogP contribution in [0.5, 0.6) is 17.2 Å². The van der Waals surface area contributed by atoms with Gasteiger partial charge < -0.3 is 18.8 Å². The molecule has 0 saturated heterocycles. The largest absolute Gasteiger partial charge is 0.485 e. The lowest BCUT2D eigenvalue weighted by atomic mass is 10.1. The topological polar surface area (TPSA) is 75.5 Å². The van der Waals surface area contributed by atoms with Gasteiger partial charge in [0.25, 0.3) is 0 Å². The van der Waals surface area contributed by atoms with Gasteiger partial charge in [-0.15, -0.1) is 10.2 Å². The molecule has 0 fully saturated rings. The Hall–Kier alpha value is -3.07. The van der Waals surface area contributed by atoms with Crippen molar-refractivity contribution in [2.24, 2.45) is 0 Å². The zero-order valence-electron chi connectivity index (χ0n) is 15.6. The summed E-state index contributed by atoms with van der Waals surface area (Å²) in [6.45, 7) is 3.05. The van der Waals surface area contributed by atoms with Gasteiger partial charge >= 0.3 is 0 Å². The molecular formula is C20H18FN3O4S. The minimum absolute atomic E-state index is 0.0983. The molecule has 1 aromatic heterocycles. The van der Waals surface area contributed by atoms with Gasteiger partial charge in [-0.1, -0.05) is 11.8 Å². The molecule has 1 aliphatic heterocycles. The Morgan fingerprint density at radius 1 is 1.17 bits per heavy atom. The van der Waals surface area contributed by atoms with Crippen LogP contribution >= 0.6 is 11.8 Å². The molecule has 0 spiro atoms. The third-order valence-electron chi connectivity index (χ3n) is 4.32. The van der Waals surface area contributed by atoms with Crippen molar-refractivity contribution in [1.29, 1.82) is 0 Å². The SMILES string of the molecule is CCn1c(COc2ccc3c(c2)OCO3)nnc1SCC(=O)c1ccc(F)cc1. The van der Waals surface area contributed by atoms with E-state index in [0.29, 0.717) is 40.3 Å². The van der Waals surface area contributed by atoms with Crippen LogP contribution in [0.15, 0.2) is 47.6 Å². The summed E-state index contributed by atoms with van der Waals surface area (Å²) in [5.41, 5.74) is 0.466. The predicted octanol–water partition coefficient (Wildman–Crippen LogP) is 3.72. The Kier molecular flexibility index (Phi) is 5.66. The van der Waals surface area contributed by atoms with Crippen LogP contribution in [0.1, 0.15) is 23.1 Å². The minimum Gasteiger partial charge on any atom is -0.485 e. The fourth-order valence-electron chi connectivity index (χ4n) is 2.81. The first-order valence-electron chi connectivity index (χ1n) is 9.00. The number of thioether (sulfide) groups is 1. The number of hydrogen-bond donors (Lipinski definition) is 0. The van der Waals surface area contributed by atoms with E-state index in [0.717, 1.165) is 0 Å². The summed E-state index contributed by atoms with van der Waals surface area (Å²) >= 11 is 1.29. The highest BCUT2D eigenvalue weighted by Gasteiger charge is 2.16. The summed E-state index contributed by atoms with van der Waals surface area (Å²) in [4.78, 5) is 12.3. The summed E-state index contributed by atoms with van der Waals surface area (Å²) in [5.74, 6) is 2.36. The number of carbonyl (C=O) groups is 1. The summed E-state index contributed by atoms with van der Waals surface area (Å²) < 4.78 is 31.3. The van der Waals surface area contributed by atoms with Gasteiger partial charge in [-0.05, 0) is 43.3 Å². The van der Waals surface area contributed by atoms with Crippen molar-refractivity contribution >= 4 is 17.5 Å². The molecular weight excluding hydrogens is 397 g/mol. The highest BCUT2D eigenvalue weighted by atomic mass is 32.2. The number of aromatic nitrogens is 3. The lowest BCUT2D eigenvalue weighted by molar-refractivity contribution is 0.102. The molecule has 0 radical (unpaired) electrons. The number of ketones is 1. The van der Waals surface area contributed by atoms with E-state index in [-0.39, 0.29) is 30.8 Å². The lowest BCUT2D eigenvalue weighted by Gasteiger charge is -2.09. The van der Waals surface area contributed by atoms with Crippen LogP contribution in [0.3, 0.4) is 0 Å². The van der Waals surface area contributed by atoms with E-state index in [9.17, 15) is 9.18 Å². The Morgan fingerprint density at radius 2 is 1.97 bits per heavy atom. The van der Waals surface area contributed by atoms with Gasteiger partial charge in [0, 0.05) is 18.2 Å². The van der Waals surface area contributed by atoms with Gasteiger partial charge in [0.15, 0.2) is 28.3 Å². The molecule has 0 amide bonds. The zero-order valence-corrected chi connectivity index (χ0v) is 16.4. The molecule has 0 atom stereocenters. The van der Waals surface area contributed by atoms with Gasteiger partial charge in [-0.3, -0.25) is 4.79 Å². The molecule has 3 aromatic rings. The number of nitrogens with zero attached hydrogens (tertiary/aromatic N) is 3. The van der Waals surface area contributed by atoms with Crippen LogP contribution in [0, 0.1) is 5.82 Å². The molecule has 7 nitrogen and oxygen atoms in total. The maximum absolute atomic E-state index is 13.0. The Bertz CT molecular complexity index is 1020. The first-order valence-corrected chi connectivity index (χ1v) is 9.98. The standard InChI is InChI=1S/C20H18FN3O4S/c1-2-24-19(10-26-15-7-8-17-18(9-15)28-12-27-17)22-23-20(24)29-11-16(25)13-3-5-14(21)6-4-13/h3-9H,2,10-12H2,1H3. The van der Waals surface area contributed by atoms with E-state index >= 15 is 0 Å². The molecule has 150 valence electrons.